The van der Waals surface area contributed by atoms with E-state index in [2.05, 4.69) is 10.6 Å². The Labute approximate surface area is 159 Å². The fourth-order valence-corrected chi connectivity index (χ4v) is 2.76. The lowest BCUT2D eigenvalue weighted by atomic mass is 10.0. The number of nitrogens with one attached hydrogen (secondary N) is 2. The van der Waals surface area contributed by atoms with Gasteiger partial charge in [-0.05, 0) is 37.5 Å². The van der Waals surface area contributed by atoms with E-state index in [0.29, 0.717) is 22.9 Å². The van der Waals surface area contributed by atoms with Crippen LogP contribution in [0.1, 0.15) is 24.0 Å². The van der Waals surface area contributed by atoms with Crippen molar-refractivity contribution >= 4 is 28.9 Å². The summed E-state index contributed by atoms with van der Waals surface area (Å²) in [5, 5.41) is 24.2. The standard InChI is InChI=1S/C18H21N3O7/c1-9-13(22)5-4-11-10(8-15(24)28-16(9)11)7-14(23)21-12(17(25)26)3-2-6-20-18(19)27/h4-5,8,12,22H,2-3,6-7H2,1H3,(H,21,23)(H,25,26)(H3,19,20,27). The number of carboxylic acids is 1. The van der Waals surface area contributed by atoms with E-state index in [1.165, 1.54) is 12.1 Å². The summed E-state index contributed by atoms with van der Waals surface area (Å²) in [5.74, 6) is -1.86. The fourth-order valence-electron chi connectivity index (χ4n) is 2.76. The molecule has 2 rings (SSSR count). The van der Waals surface area contributed by atoms with Gasteiger partial charge in [0.05, 0.1) is 6.42 Å². The minimum Gasteiger partial charge on any atom is -0.508 e. The van der Waals surface area contributed by atoms with Crippen molar-refractivity contribution < 1.29 is 29.0 Å². The number of rotatable bonds is 8. The number of carbonyl (C=O) groups excluding carboxylic acids is 2. The van der Waals surface area contributed by atoms with Crippen molar-refractivity contribution in [2.45, 2.75) is 32.2 Å². The zero-order chi connectivity index (χ0) is 20.8. The van der Waals surface area contributed by atoms with Gasteiger partial charge < -0.3 is 31.0 Å². The number of urea groups is 1. The van der Waals surface area contributed by atoms with Gasteiger partial charge in [0.2, 0.25) is 5.91 Å². The molecule has 1 unspecified atom stereocenters. The number of phenolic OH excluding ortho intramolecular Hbond substituents is 1. The molecule has 0 fully saturated rings. The number of carboxylic acid groups (broad SMARTS) is 1. The first kappa shape index (κ1) is 20.7. The molecule has 2 aromatic rings. The molecule has 0 aliphatic carbocycles. The third-order valence-electron chi connectivity index (χ3n) is 4.17. The number of fused-ring (bicyclic) bond motifs is 1. The molecule has 0 aliphatic heterocycles. The molecular weight excluding hydrogens is 370 g/mol. The lowest BCUT2D eigenvalue weighted by Gasteiger charge is -2.15. The van der Waals surface area contributed by atoms with Crippen molar-refractivity contribution in [3.8, 4) is 5.75 Å². The molecular formula is C18H21N3O7. The van der Waals surface area contributed by atoms with Gasteiger partial charge in [-0.25, -0.2) is 14.4 Å². The number of primary amides is 1. The molecule has 6 N–H and O–H groups in total. The van der Waals surface area contributed by atoms with Crippen LogP contribution in [0, 0.1) is 6.92 Å². The number of hydrogen-bond donors (Lipinski definition) is 5. The second kappa shape index (κ2) is 8.89. The van der Waals surface area contributed by atoms with Gasteiger partial charge in [-0.3, -0.25) is 4.79 Å². The number of aromatic hydroxyl groups is 1. The first-order valence-corrected chi connectivity index (χ1v) is 8.49. The molecule has 10 nitrogen and oxygen atoms in total. The first-order valence-electron chi connectivity index (χ1n) is 8.49. The Morgan fingerprint density at radius 2 is 2.00 bits per heavy atom. The molecule has 10 heteroatoms. The summed E-state index contributed by atoms with van der Waals surface area (Å²) in [7, 11) is 0. The van der Waals surface area contributed by atoms with Crippen molar-refractivity contribution in [3.05, 3.63) is 39.7 Å². The van der Waals surface area contributed by atoms with E-state index in [0.717, 1.165) is 6.07 Å². The maximum Gasteiger partial charge on any atom is 0.336 e. The van der Waals surface area contributed by atoms with Crippen LogP contribution < -0.4 is 22.0 Å². The largest absolute Gasteiger partial charge is 0.508 e. The Balaban J connectivity index is 2.13. The van der Waals surface area contributed by atoms with Crippen molar-refractivity contribution in [1.82, 2.24) is 10.6 Å². The highest BCUT2D eigenvalue weighted by Gasteiger charge is 2.21. The average molecular weight is 391 g/mol. The van der Waals surface area contributed by atoms with E-state index >= 15 is 0 Å². The zero-order valence-electron chi connectivity index (χ0n) is 15.2. The summed E-state index contributed by atoms with van der Waals surface area (Å²) >= 11 is 0. The molecule has 1 aromatic carbocycles. The normalized spacial score (nSPS) is 11.8. The van der Waals surface area contributed by atoms with Crippen LogP contribution in [0.4, 0.5) is 4.79 Å². The lowest BCUT2D eigenvalue weighted by molar-refractivity contribution is -0.141. The van der Waals surface area contributed by atoms with Gasteiger partial charge in [0.1, 0.15) is 17.4 Å². The molecule has 1 atom stereocenters. The Morgan fingerprint density at radius 1 is 1.29 bits per heavy atom. The highest BCUT2D eigenvalue weighted by atomic mass is 16.4. The Kier molecular flexibility index (Phi) is 6.59. The molecule has 28 heavy (non-hydrogen) atoms. The average Bonchev–Trinajstić information content (AvgIpc) is 2.60. The van der Waals surface area contributed by atoms with Crippen LogP contribution in [0.25, 0.3) is 11.0 Å². The molecule has 0 radical (unpaired) electrons. The lowest BCUT2D eigenvalue weighted by Crippen LogP contribution is -2.42. The van der Waals surface area contributed by atoms with E-state index in [-0.39, 0.29) is 30.7 Å². The summed E-state index contributed by atoms with van der Waals surface area (Å²) in [6.07, 6.45) is 0.151. The third kappa shape index (κ3) is 5.22. The van der Waals surface area contributed by atoms with Crippen molar-refractivity contribution in [1.29, 1.82) is 0 Å². The minimum absolute atomic E-state index is 0.0484. The third-order valence-corrected chi connectivity index (χ3v) is 4.17. The summed E-state index contributed by atoms with van der Waals surface area (Å²) in [5.41, 5.74) is 5.13. The number of aliphatic carboxylic acids is 1. The molecule has 1 heterocycles. The predicted molar refractivity (Wildman–Crippen MR) is 99.0 cm³/mol. The van der Waals surface area contributed by atoms with Crippen molar-refractivity contribution in [2.75, 3.05) is 6.54 Å². The van der Waals surface area contributed by atoms with Gasteiger partial charge in [0.25, 0.3) is 0 Å². The quantitative estimate of drug-likeness (QED) is 0.319. The van der Waals surface area contributed by atoms with E-state index in [9.17, 15) is 29.4 Å². The number of aryl methyl sites for hydroxylation is 1. The molecule has 0 spiro atoms. The zero-order valence-corrected chi connectivity index (χ0v) is 15.2. The number of benzene rings is 1. The molecule has 0 saturated carbocycles. The van der Waals surface area contributed by atoms with E-state index < -0.39 is 29.6 Å². The molecule has 0 aliphatic rings. The Morgan fingerprint density at radius 3 is 2.64 bits per heavy atom. The summed E-state index contributed by atoms with van der Waals surface area (Å²) in [6, 6.07) is 2.23. The first-order chi connectivity index (χ1) is 13.2. The minimum atomic E-state index is -1.22. The van der Waals surface area contributed by atoms with E-state index in [1.807, 2.05) is 0 Å². The SMILES string of the molecule is Cc1c(O)ccc2c(CC(=O)NC(CCCNC(N)=O)C(=O)O)cc(=O)oc12. The van der Waals surface area contributed by atoms with E-state index in [1.54, 1.807) is 6.92 Å². The number of nitrogens with two attached hydrogens (primary N) is 1. The van der Waals surface area contributed by atoms with Crippen LogP contribution in [-0.4, -0.2) is 40.7 Å². The number of carbonyl (C=O) groups is 3. The van der Waals surface area contributed by atoms with E-state index in [4.69, 9.17) is 10.2 Å². The van der Waals surface area contributed by atoms with Crippen LogP contribution in [0.3, 0.4) is 0 Å². The molecule has 3 amide bonds. The summed E-state index contributed by atoms with van der Waals surface area (Å²) in [4.78, 5) is 46.1. The second-order valence-electron chi connectivity index (χ2n) is 6.25. The van der Waals surface area contributed by atoms with Gasteiger partial charge in [-0.1, -0.05) is 0 Å². The summed E-state index contributed by atoms with van der Waals surface area (Å²) in [6.45, 7) is 1.76. The number of phenols is 1. The van der Waals surface area contributed by atoms with Gasteiger partial charge in [0.15, 0.2) is 0 Å². The molecule has 150 valence electrons. The number of amides is 3. The smallest absolute Gasteiger partial charge is 0.336 e. The molecule has 0 saturated heterocycles. The summed E-state index contributed by atoms with van der Waals surface area (Å²) < 4.78 is 5.11. The second-order valence-corrected chi connectivity index (χ2v) is 6.25. The topological polar surface area (TPSA) is 172 Å². The fraction of sp³-hybridized carbons (Fsp3) is 0.333. The van der Waals surface area contributed by atoms with Gasteiger partial charge >= 0.3 is 17.6 Å². The monoisotopic (exact) mass is 391 g/mol. The van der Waals surface area contributed by atoms with Gasteiger partial charge in [-0.2, -0.15) is 0 Å². The Hall–Kier alpha value is -3.56. The van der Waals surface area contributed by atoms with Crippen molar-refractivity contribution in [3.63, 3.8) is 0 Å². The van der Waals surface area contributed by atoms with Crippen LogP contribution in [-0.2, 0) is 16.0 Å². The van der Waals surface area contributed by atoms with Crippen molar-refractivity contribution in [2.24, 2.45) is 5.73 Å². The van der Waals surface area contributed by atoms with Crippen LogP contribution in [0.15, 0.2) is 27.4 Å². The van der Waals surface area contributed by atoms with Gasteiger partial charge in [0, 0.05) is 23.6 Å². The van der Waals surface area contributed by atoms with Gasteiger partial charge in [-0.15, -0.1) is 0 Å². The van der Waals surface area contributed by atoms with Crippen LogP contribution in [0.2, 0.25) is 0 Å². The highest BCUT2D eigenvalue weighted by Crippen LogP contribution is 2.27. The maximum absolute atomic E-state index is 12.3. The molecule has 0 bridgehead atoms. The highest BCUT2D eigenvalue weighted by molar-refractivity contribution is 5.91. The van der Waals surface area contributed by atoms with Crippen LogP contribution in [0.5, 0.6) is 5.75 Å². The maximum atomic E-state index is 12.3. The predicted octanol–water partition coefficient (Wildman–Crippen LogP) is 0.367. The molecule has 1 aromatic heterocycles. The Bertz CT molecular complexity index is 968. The number of hydrogen-bond acceptors (Lipinski definition) is 6. The van der Waals surface area contributed by atoms with Crippen LogP contribution >= 0.6 is 0 Å².